The molecule has 0 aliphatic carbocycles. The van der Waals surface area contributed by atoms with Crippen LogP contribution in [0.2, 0.25) is 0 Å². The molecular weight excluding hydrogens is 268 g/mol. The Hall–Kier alpha value is -1.85. The lowest BCUT2D eigenvalue weighted by atomic mass is 10.2. The third kappa shape index (κ3) is 2.84. The zero-order valence-electron chi connectivity index (χ0n) is 11.3. The maximum absolute atomic E-state index is 4.20. The lowest BCUT2D eigenvalue weighted by molar-refractivity contribution is 0.656. The number of aromatic nitrogens is 3. The minimum absolute atomic E-state index is 0.704. The Kier molecular flexibility index (Phi) is 3.99. The van der Waals surface area contributed by atoms with Gasteiger partial charge in [-0.2, -0.15) is 0 Å². The van der Waals surface area contributed by atoms with E-state index in [1.807, 2.05) is 28.8 Å². The van der Waals surface area contributed by atoms with Gasteiger partial charge in [0, 0.05) is 17.6 Å². The third-order valence-corrected chi connectivity index (χ3v) is 3.90. The highest BCUT2D eigenvalue weighted by Crippen LogP contribution is 2.14. The van der Waals surface area contributed by atoms with Crippen LogP contribution in [0.5, 0.6) is 0 Å². The molecule has 102 valence electrons. The number of nitrogens with one attached hydrogen (secondary N) is 1. The lowest BCUT2D eigenvalue weighted by Gasteiger charge is -2.05. The standard InChI is InChI=1S/C15H16N4S/c1-20-13-7-5-12(6-8-13)10-16-11-15-18-17-14-4-2-3-9-19(14)15/h2-9,16H,10-11H2,1H3. The Balaban J connectivity index is 1.62. The summed E-state index contributed by atoms with van der Waals surface area (Å²) in [7, 11) is 0. The van der Waals surface area contributed by atoms with Crippen LogP contribution in [-0.2, 0) is 13.1 Å². The highest BCUT2D eigenvalue weighted by Gasteiger charge is 2.03. The summed E-state index contributed by atoms with van der Waals surface area (Å²) in [5.74, 6) is 0.932. The highest BCUT2D eigenvalue weighted by atomic mass is 32.2. The molecule has 2 aromatic heterocycles. The molecule has 0 fully saturated rings. The van der Waals surface area contributed by atoms with Crippen LogP contribution in [0.15, 0.2) is 53.6 Å². The first kappa shape index (κ1) is 13.1. The summed E-state index contributed by atoms with van der Waals surface area (Å²) in [6.07, 6.45) is 4.07. The van der Waals surface area contributed by atoms with Gasteiger partial charge >= 0.3 is 0 Å². The van der Waals surface area contributed by atoms with E-state index in [4.69, 9.17) is 0 Å². The second-order valence-electron chi connectivity index (χ2n) is 4.50. The zero-order valence-corrected chi connectivity index (χ0v) is 12.1. The van der Waals surface area contributed by atoms with E-state index in [1.54, 1.807) is 11.8 Å². The lowest BCUT2D eigenvalue weighted by Crippen LogP contribution is -2.14. The summed E-state index contributed by atoms with van der Waals surface area (Å²) in [5.41, 5.74) is 2.16. The monoisotopic (exact) mass is 284 g/mol. The van der Waals surface area contributed by atoms with Crippen LogP contribution in [0.4, 0.5) is 0 Å². The van der Waals surface area contributed by atoms with Crippen molar-refractivity contribution in [2.45, 2.75) is 18.0 Å². The van der Waals surface area contributed by atoms with Crippen molar-refractivity contribution < 1.29 is 0 Å². The molecule has 0 saturated heterocycles. The van der Waals surface area contributed by atoms with Gasteiger partial charge in [-0.1, -0.05) is 18.2 Å². The molecule has 4 nitrogen and oxygen atoms in total. The number of hydrogen-bond donors (Lipinski definition) is 1. The summed E-state index contributed by atoms with van der Waals surface area (Å²) in [6.45, 7) is 1.53. The summed E-state index contributed by atoms with van der Waals surface area (Å²) < 4.78 is 2.00. The van der Waals surface area contributed by atoms with Crippen LogP contribution in [0, 0.1) is 0 Å². The first-order valence-corrected chi connectivity index (χ1v) is 7.71. The molecule has 20 heavy (non-hydrogen) atoms. The molecule has 1 aromatic carbocycles. The molecule has 0 aliphatic rings. The van der Waals surface area contributed by atoms with Gasteiger partial charge in [0.1, 0.15) is 0 Å². The minimum Gasteiger partial charge on any atom is -0.306 e. The fourth-order valence-corrected chi connectivity index (χ4v) is 2.48. The van der Waals surface area contributed by atoms with Crippen molar-refractivity contribution in [3.05, 3.63) is 60.0 Å². The number of fused-ring (bicyclic) bond motifs is 1. The molecule has 5 heteroatoms. The van der Waals surface area contributed by atoms with Crippen LogP contribution in [-0.4, -0.2) is 20.9 Å². The van der Waals surface area contributed by atoms with Crippen molar-refractivity contribution in [1.29, 1.82) is 0 Å². The van der Waals surface area contributed by atoms with Crippen molar-refractivity contribution in [1.82, 2.24) is 19.9 Å². The van der Waals surface area contributed by atoms with E-state index in [9.17, 15) is 0 Å². The Morgan fingerprint density at radius 2 is 1.90 bits per heavy atom. The van der Waals surface area contributed by atoms with Crippen LogP contribution in [0.25, 0.3) is 5.65 Å². The molecule has 0 spiro atoms. The first-order valence-electron chi connectivity index (χ1n) is 6.49. The van der Waals surface area contributed by atoms with Crippen molar-refractivity contribution in [3.8, 4) is 0 Å². The first-order chi connectivity index (χ1) is 9.86. The smallest absolute Gasteiger partial charge is 0.160 e. The molecule has 0 radical (unpaired) electrons. The SMILES string of the molecule is CSc1ccc(CNCc2nnc3ccccn23)cc1. The van der Waals surface area contributed by atoms with Gasteiger partial charge in [-0.05, 0) is 36.1 Å². The predicted molar refractivity (Wildman–Crippen MR) is 81.8 cm³/mol. The second-order valence-corrected chi connectivity index (χ2v) is 5.38. The van der Waals surface area contributed by atoms with Gasteiger partial charge in [0.05, 0.1) is 6.54 Å². The molecule has 3 aromatic rings. The number of pyridine rings is 1. The number of benzene rings is 1. The van der Waals surface area contributed by atoms with E-state index in [2.05, 4.69) is 46.0 Å². The molecular formula is C15H16N4S. The second kappa shape index (κ2) is 6.07. The van der Waals surface area contributed by atoms with E-state index in [-0.39, 0.29) is 0 Å². The van der Waals surface area contributed by atoms with Crippen molar-refractivity contribution in [2.24, 2.45) is 0 Å². The van der Waals surface area contributed by atoms with E-state index in [0.717, 1.165) is 18.0 Å². The summed E-state index contributed by atoms with van der Waals surface area (Å²) in [6, 6.07) is 14.5. The van der Waals surface area contributed by atoms with Crippen molar-refractivity contribution >= 4 is 17.4 Å². The minimum atomic E-state index is 0.704. The van der Waals surface area contributed by atoms with Gasteiger partial charge in [-0.25, -0.2) is 0 Å². The van der Waals surface area contributed by atoms with Gasteiger partial charge in [0.2, 0.25) is 0 Å². The average molecular weight is 284 g/mol. The van der Waals surface area contributed by atoms with Crippen molar-refractivity contribution in [3.63, 3.8) is 0 Å². The predicted octanol–water partition coefficient (Wildman–Crippen LogP) is 2.74. The number of nitrogens with zero attached hydrogens (tertiary/aromatic N) is 3. The van der Waals surface area contributed by atoms with Gasteiger partial charge < -0.3 is 5.32 Å². The molecule has 3 rings (SSSR count). The topological polar surface area (TPSA) is 42.2 Å². The highest BCUT2D eigenvalue weighted by molar-refractivity contribution is 7.98. The normalized spacial score (nSPS) is 11.1. The zero-order chi connectivity index (χ0) is 13.8. The molecule has 2 heterocycles. The molecule has 0 aliphatic heterocycles. The molecule has 1 N–H and O–H groups in total. The van der Waals surface area contributed by atoms with E-state index in [1.165, 1.54) is 10.5 Å². The van der Waals surface area contributed by atoms with E-state index < -0.39 is 0 Å². The average Bonchev–Trinajstić information content (AvgIpc) is 2.92. The Bertz CT molecular complexity index is 690. The Labute approximate surface area is 122 Å². The molecule has 0 atom stereocenters. The third-order valence-electron chi connectivity index (χ3n) is 3.16. The van der Waals surface area contributed by atoms with Gasteiger partial charge in [0.15, 0.2) is 11.5 Å². The fraction of sp³-hybridized carbons (Fsp3) is 0.200. The van der Waals surface area contributed by atoms with Crippen LogP contribution >= 0.6 is 11.8 Å². The summed E-state index contributed by atoms with van der Waals surface area (Å²) >= 11 is 1.76. The largest absolute Gasteiger partial charge is 0.306 e. The van der Waals surface area contributed by atoms with Crippen LogP contribution in [0.1, 0.15) is 11.4 Å². The Morgan fingerprint density at radius 3 is 2.70 bits per heavy atom. The fourth-order valence-electron chi connectivity index (χ4n) is 2.07. The molecule has 0 saturated carbocycles. The maximum Gasteiger partial charge on any atom is 0.160 e. The molecule has 0 unspecified atom stereocenters. The summed E-state index contributed by atoms with van der Waals surface area (Å²) in [5, 5.41) is 11.7. The number of rotatable bonds is 5. The number of thioether (sulfide) groups is 1. The molecule has 0 bridgehead atoms. The van der Waals surface area contributed by atoms with Gasteiger partial charge in [-0.15, -0.1) is 22.0 Å². The maximum atomic E-state index is 4.20. The van der Waals surface area contributed by atoms with Crippen LogP contribution in [0.3, 0.4) is 0 Å². The quantitative estimate of drug-likeness (QED) is 0.732. The van der Waals surface area contributed by atoms with E-state index in [0.29, 0.717) is 6.54 Å². The Morgan fingerprint density at radius 1 is 1.05 bits per heavy atom. The van der Waals surface area contributed by atoms with Gasteiger partial charge in [-0.3, -0.25) is 4.40 Å². The molecule has 0 amide bonds. The van der Waals surface area contributed by atoms with E-state index >= 15 is 0 Å². The summed E-state index contributed by atoms with van der Waals surface area (Å²) in [4.78, 5) is 1.29. The van der Waals surface area contributed by atoms with Crippen molar-refractivity contribution in [2.75, 3.05) is 6.26 Å². The number of hydrogen-bond acceptors (Lipinski definition) is 4. The van der Waals surface area contributed by atoms with Crippen LogP contribution < -0.4 is 5.32 Å². The van der Waals surface area contributed by atoms with Gasteiger partial charge in [0.25, 0.3) is 0 Å².